The van der Waals surface area contributed by atoms with Crippen LogP contribution in [0.1, 0.15) is 39.5 Å². The maximum Gasteiger partial charge on any atom is 0.345 e. The molecule has 0 unspecified atom stereocenters. The molecule has 4 heteroatoms. The summed E-state index contributed by atoms with van der Waals surface area (Å²) in [5, 5.41) is 0. The van der Waals surface area contributed by atoms with E-state index in [1.165, 1.54) is 6.92 Å². The molecule has 1 aliphatic rings. The van der Waals surface area contributed by atoms with Gasteiger partial charge in [0.15, 0.2) is 6.61 Å². The zero-order valence-electron chi connectivity index (χ0n) is 11.0. The van der Waals surface area contributed by atoms with Crippen LogP contribution in [-0.4, -0.2) is 24.1 Å². The SMILES string of the molecule is C=C(C)C(=O)OCC(=O)OC1(/C=C/C)CCCC1. The van der Waals surface area contributed by atoms with Gasteiger partial charge in [-0.1, -0.05) is 12.7 Å². The Bertz CT molecular complexity index is 362. The zero-order valence-corrected chi connectivity index (χ0v) is 11.0. The summed E-state index contributed by atoms with van der Waals surface area (Å²) in [5.41, 5.74) is -0.228. The summed E-state index contributed by atoms with van der Waals surface area (Å²) in [6.07, 6.45) is 7.55. The van der Waals surface area contributed by atoms with Gasteiger partial charge >= 0.3 is 11.9 Å². The molecule has 0 heterocycles. The highest BCUT2D eigenvalue weighted by molar-refractivity contribution is 5.88. The number of hydrogen-bond acceptors (Lipinski definition) is 4. The lowest BCUT2D eigenvalue weighted by Crippen LogP contribution is -2.32. The zero-order chi connectivity index (χ0) is 13.6. The van der Waals surface area contributed by atoms with Crippen LogP contribution in [0, 0.1) is 0 Å². The van der Waals surface area contributed by atoms with Crippen LogP contribution in [0.3, 0.4) is 0 Å². The highest BCUT2D eigenvalue weighted by Gasteiger charge is 2.35. The van der Waals surface area contributed by atoms with Gasteiger partial charge in [0.2, 0.25) is 0 Å². The lowest BCUT2D eigenvalue weighted by atomic mass is 10.0. The van der Waals surface area contributed by atoms with Gasteiger partial charge < -0.3 is 9.47 Å². The summed E-state index contributed by atoms with van der Waals surface area (Å²) < 4.78 is 10.2. The van der Waals surface area contributed by atoms with Crippen LogP contribution in [0.25, 0.3) is 0 Å². The minimum atomic E-state index is -0.571. The number of carbonyl (C=O) groups is 2. The Labute approximate surface area is 108 Å². The standard InChI is InChI=1S/C14H20O4/c1-4-7-14(8-5-6-9-14)18-12(15)10-17-13(16)11(2)3/h4,7H,2,5-6,8-10H2,1,3H3/b7-4+. The minimum Gasteiger partial charge on any atom is -0.452 e. The lowest BCUT2D eigenvalue weighted by Gasteiger charge is -2.25. The number of ether oxygens (including phenoxy) is 2. The van der Waals surface area contributed by atoms with Gasteiger partial charge in [-0.15, -0.1) is 0 Å². The fourth-order valence-corrected chi connectivity index (χ4v) is 2.08. The van der Waals surface area contributed by atoms with Crippen molar-refractivity contribution in [1.82, 2.24) is 0 Å². The Morgan fingerprint density at radius 3 is 2.44 bits per heavy atom. The number of esters is 2. The fourth-order valence-electron chi connectivity index (χ4n) is 2.08. The molecule has 0 amide bonds. The molecule has 18 heavy (non-hydrogen) atoms. The molecule has 0 atom stereocenters. The molecule has 0 spiro atoms. The molecular formula is C14H20O4. The van der Waals surface area contributed by atoms with Crippen LogP contribution < -0.4 is 0 Å². The molecule has 100 valence electrons. The predicted octanol–water partition coefficient (Wildman–Crippen LogP) is 2.54. The van der Waals surface area contributed by atoms with E-state index in [2.05, 4.69) is 6.58 Å². The first-order valence-corrected chi connectivity index (χ1v) is 6.17. The third-order valence-corrected chi connectivity index (χ3v) is 2.91. The van der Waals surface area contributed by atoms with E-state index in [1.807, 2.05) is 19.1 Å². The van der Waals surface area contributed by atoms with Gasteiger partial charge in [-0.3, -0.25) is 0 Å². The highest BCUT2D eigenvalue weighted by atomic mass is 16.6. The van der Waals surface area contributed by atoms with Crippen LogP contribution in [0.15, 0.2) is 24.3 Å². The number of allylic oxidation sites excluding steroid dienone is 1. The van der Waals surface area contributed by atoms with Crippen LogP contribution in [-0.2, 0) is 19.1 Å². The van der Waals surface area contributed by atoms with Crippen molar-refractivity contribution >= 4 is 11.9 Å². The summed E-state index contributed by atoms with van der Waals surface area (Å²) in [7, 11) is 0. The lowest BCUT2D eigenvalue weighted by molar-refractivity contribution is -0.164. The number of hydrogen-bond donors (Lipinski definition) is 0. The van der Waals surface area contributed by atoms with Gasteiger partial charge in [-0.25, -0.2) is 9.59 Å². The monoisotopic (exact) mass is 252 g/mol. The van der Waals surface area contributed by atoms with Crippen LogP contribution in [0.2, 0.25) is 0 Å². The number of carbonyl (C=O) groups excluding carboxylic acids is 2. The fraction of sp³-hybridized carbons (Fsp3) is 0.571. The van der Waals surface area contributed by atoms with E-state index in [4.69, 9.17) is 9.47 Å². The predicted molar refractivity (Wildman–Crippen MR) is 67.9 cm³/mol. The molecule has 4 nitrogen and oxygen atoms in total. The van der Waals surface area contributed by atoms with E-state index < -0.39 is 17.5 Å². The van der Waals surface area contributed by atoms with E-state index in [-0.39, 0.29) is 12.2 Å². The van der Waals surface area contributed by atoms with Gasteiger partial charge in [0, 0.05) is 5.57 Å². The molecule has 0 aliphatic heterocycles. The summed E-state index contributed by atoms with van der Waals surface area (Å²) in [5.74, 6) is -1.08. The van der Waals surface area contributed by atoms with Gasteiger partial charge in [-0.2, -0.15) is 0 Å². The van der Waals surface area contributed by atoms with E-state index in [0.29, 0.717) is 0 Å². The van der Waals surface area contributed by atoms with Crippen molar-refractivity contribution in [3.05, 3.63) is 24.3 Å². The highest BCUT2D eigenvalue weighted by Crippen LogP contribution is 2.34. The van der Waals surface area contributed by atoms with Crippen LogP contribution in [0.5, 0.6) is 0 Å². The van der Waals surface area contributed by atoms with Gasteiger partial charge in [-0.05, 0) is 45.6 Å². The normalized spacial score (nSPS) is 17.7. The largest absolute Gasteiger partial charge is 0.452 e. The van der Waals surface area contributed by atoms with Crippen molar-refractivity contribution in [2.75, 3.05) is 6.61 Å². The van der Waals surface area contributed by atoms with Gasteiger partial charge in [0.25, 0.3) is 0 Å². The quantitative estimate of drug-likeness (QED) is 0.428. The third-order valence-electron chi connectivity index (χ3n) is 2.91. The molecule has 0 aromatic carbocycles. The van der Waals surface area contributed by atoms with Crippen LogP contribution in [0.4, 0.5) is 0 Å². The molecular weight excluding hydrogens is 232 g/mol. The number of rotatable bonds is 5. The van der Waals surface area contributed by atoms with Gasteiger partial charge in [0.05, 0.1) is 0 Å². The molecule has 0 N–H and O–H groups in total. The molecule has 0 radical (unpaired) electrons. The van der Waals surface area contributed by atoms with Crippen molar-refractivity contribution in [2.24, 2.45) is 0 Å². The summed E-state index contributed by atoms with van der Waals surface area (Å²) >= 11 is 0. The Kier molecular flexibility index (Phi) is 5.13. The summed E-state index contributed by atoms with van der Waals surface area (Å²) in [4.78, 5) is 22.8. The molecule has 1 fully saturated rings. The van der Waals surface area contributed by atoms with Crippen molar-refractivity contribution in [2.45, 2.75) is 45.1 Å². The second-order valence-corrected chi connectivity index (χ2v) is 4.60. The van der Waals surface area contributed by atoms with Gasteiger partial charge in [0.1, 0.15) is 5.60 Å². The summed E-state index contributed by atoms with van der Waals surface area (Å²) in [6.45, 7) is 6.52. The average molecular weight is 252 g/mol. The average Bonchev–Trinajstić information content (AvgIpc) is 2.74. The second kappa shape index (κ2) is 6.38. The van der Waals surface area contributed by atoms with E-state index in [9.17, 15) is 9.59 Å². The smallest absolute Gasteiger partial charge is 0.345 e. The first kappa shape index (κ1) is 14.5. The first-order valence-electron chi connectivity index (χ1n) is 6.17. The molecule has 1 rings (SSSR count). The second-order valence-electron chi connectivity index (χ2n) is 4.60. The van der Waals surface area contributed by atoms with Crippen molar-refractivity contribution in [1.29, 1.82) is 0 Å². The van der Waals surface area contributed by atoms with E-state index >= 15 is 0 Å². The van der Waals surface area contributed by atoms with Crippen molar-refractivity contribution in [3.63, 3.8) is 0 Å². The minimum absolute atomic E-state index is 0.270. The Morgan fingerprint density at radius 2 is 1.94 bits per heavy atom. The molecule has 1 saturated carbocycles. The topological polar surface area (TPSA) is 52.6 Å². The van der Waals surface area contributed by atoms with Crippen molar-refractivity contribution in [3.8, 4) is 0 Å². The molecule has 0 saturated heterocycles. The molecule has 0 aromatic rings. The maximum atomic E-state index is 11.6. The Balaban J connectivity index is 2.47. The third kappa shape index (κ3) is 4.02. The maximum absolute atomic E-state index is 11.6. The first-order chi connectivity index (χ1) is 8.49. The Hall–Kier alpha value is -1.58. The van der Waals surface area contributed by atoms with E-state index in [1.54, 1.807) is 0 Å². The molecule has 1 aliphatic carbocycles. The molecule has 0 aromatic heterocycles. The molecule has 0 bridgehead atoms. The van der Waals surface area contributed by atoms with Crippen LogP contribution >= 0.6 is 0 Å². The Morgan fingerprint density at radius 1 is 1.33 bits per heavy atom. The van der Waals surface area contributed by atoms with Crippen molar-refractivity contribution < 1.29 is 19.1 Å². The summed E-state index contributed by atoms with van der Waals surface area (Å²) in [6, 6.07) is 0. The van der Waals surface area contributed by atoms with E-state index in [0.717, 1.165) is 25.7 Å².